The Morgan fingerprint density at radius 1 is 1.25 bits per heavy atom. The Balaban J connectivity index is -0.000000200. The maximum absolute atomic E-state index is 9.89. The van der Waals surface area contributed by atoms with Crippen LogP contribution in [0.1, 0.15) is 26.7 Å². The van der Waals surface area contributed by atoms with Gasteiger partial charge in [-0.15, -0.1) is 0 Å². The molecule has 0 aromatic rings. The van der Waals surface area contributed by atoms with Crippen molar-refractivity contribution < 1.29 is 29.7 Å². The molecule has 0 rings (SSSR count). The molecule has 0 aliphatic carbocycles. The molecule has 1 N–H and O–H groups in total. The summed E-state index contributed by atoms with van der Waals surface area (Å²) in [6, 6.07) is 0. The third-order valence-electron chi connectivity index (χ3n) is 1.44. The number of aliphatic hydroxyl groups excluding tert-OH is 1. The van der Waals surface area contributed by atoms with Crippen LogP contribution in [-0.2, 0) is 14.4 Å². The monoisotopic (exact) mass is 258 g/mol. The molecule has 0 aliphatic heterocycles. The molecule has 1 unspecified atom stereocenters. The van der Waals surface area contributed by atoms with E-state index < -0.39 is 24.3 Å². The molecular weight excluding hydrogens is 244 g/mol. The fourth-order valence-electron chi connectivity index (χ4n) is 0.574. The van der Waals surface area contributed by atoms with Crippen LogP contribution in [0.5, 0.6) is 0 Å². The summed E-state index contributed by atoms with van der Waals surface area (Å²) < 4.78 is 0. The Hall–Kier alpha value is -0.170. The molecule has 6 nitrogen and oxygen atoms in total. The zero-order valence-corrected chi connectivity index (χ0v) is 11.6. The molecular formula is C9H14CaO6. The summed E-state index contributed by atoms with van der Waals surface area (Å²) >= 11 is 0. The predicted octanol–water partition coefficient (Wildman–Crippen LogP) is -2.91. The van der Waals surface area contributed by atoms with E-state index in [0.29, 0.717) is 6.42 Å². The number of carboxylic acids is 2. The van der Waals surface area contributed by atoms with Gasteiger partial charge in [-0.2, -0.15) is 0 Å². The Bertz CT molecular complexity index is 212. The van der Waals surface area contributed by atoms with Crippen LogP contribution >= 0.6 is 0 Å². The summed E-state index contributed by atoms with van der Waals surface area (Å²) in [5, 5.41) is 27.6. The first-order chi connectivity index (χ1) is 6.84. The second kappa shape index (κ2) is 12.9. The first-order valence-corrected chi connectivity index (χ1v) is 4.36. The standard InChI is InChI=1S/C5H10O3.C4H6O3.Ca/c1-2-4(3-6)5(7)8;1-3(5)2-4(6)7;/h4,6H,2-3H2,1H3,(H,7,8);2H2,1H3,(H,6,7);/q;;+2/p-2. The second-order valence-electron chi connectivity index (χ2n) is 2.86. The minimum absolute atomic E-state index is 0. The molecule has 0 spiro atoms. The first-order valence-electron chi connectivity index (χ1n) is 4.36. The van der Waals surface area contributed by atoms with Crippen LogP contribution in [0.3, 0.4) is 0 Å². The van der Waals surface area contributed by atoms with Crippen LogP contribution in [0.4, 0.5) is 0 Å². The molecule has 0 heterocycles. The van der Waals surface area contributed by atoms with E-state index in [-0.39, 0.29) is 50.1 Å². The number of hydrogen-bond acceptors (Lipinski definition) is 6. The van der Waals surface area contributed by atoms with Gasteiger partial charge in [0.15, 0.2) is 0 Å². The largest absolute Gasteiger partial charge is 2.00 e. The predicted molar refractivity (Wildman–Crippen MR) is 51.9 cm³/mol. The Kier molecular flexibility index (Phi) is 17.0. The summed E-state index contributed by atoms with van der Waals surface area (Å²) in [6.45, 7) is 2.57. The third-order valence-corrected chi connectivity index (χ3v) is 1.44. The van der Waals surface area contributed by atoms with E-state index in [0.717, 1.165) is 0 Å². The van der Waals surface area contributed by atoms with Gasteiger partial charge in [0.1, 0.15) is 5.78 Å². The van der Waals surface area contributed by atoms with Crippen molar-refractivity contribution >= 4 is 55.5 Å². The number of carbonyl (C=O) groups excluding carboxylic acids is 3. The normalized spacial score (nSPS) is 10.2. The number of carboxylic acid groups (broad SMARTS) is 2. The maximum Gasteiger partial charge on any atom is 2.00 e. The first kappa shape index (κ1) is 21.1. The van der Waals surface area contributed by atoms with Crippen LogP contribution < -0.4 is 10.2 Å². The quantitative estimate of drug-likeness (QED) is 0.417. The zero-order chi connectivity index (χ0) is 12.4. The molecule has 0 radical (unpaired) electrons. The molecule has 0 aromatic heterocycles. The van der Waals surface area contributed by atoms with Gasteiger partial charge < -0.3 is 24.9 Å². The van der Waals surface area contributed by atoms with Crippen molar-refractivity contribution in [2.24, 2.45) is 5.92 Å². The molecule has 88 valence electrons. The van der Waals surface area contributed by atoms with E-state index >= 15 is 0 Å². The smallest absolute Gasteiger partial charge is 0.550 e. The average molecular weight is 258 g/mol. The number of aliphatic carboxylic acids is 2. The van der Waals surface area contributed by atoms with Crippen LogP contribution in [0, 0.1) is 5.92 Å². The Morgan fingerprint density at radius 3 is 1.69 bits per heavy atom. The minimum Gasteiger partial charge on any atom is -0.550 e. The van der Waals surface area contributed by atoms with Crippen molar-refractivity contribution in [3.8, 4) is 0 Å². The van der Waals surface area contributed by atoms with Gasteiger partial charge in [0.25, 0.3) is 0 Å². The SMILES string of the molecule is CC(=O)CC(=O)[O-].CCC(CO)C(=O)[O-].[Ca+2]. The van der Waals surface area contributed by atoms with Crippen molar-refractivity contribution in [1.82, 2.24) is 0 Å². The Labute approximate surface area is 124 Å². The molecule has 0 fully saturated rings. The number of hydrogen-bond donors (Lipinski definition) is 1. The summed E-state index contributed by atoms with van der Waals surface area (Å²) in [5.41, 5.74) is 0. The summed E-state index contributed by atoms with van der Waals surface area (Å²) in [5.74, 6) is -3.54. The summed E-state index contributed by atoms with van der Waals surface area (Å²) in [6.07, 6.45) is -0.0428. The molecule has 0 aromatic carbocycles. The Morgan fingerprint density at radius 2 is 1.69 bits per heavy atom. The van der Waals surface area contributed by atoms with Crippen LogP contribution in [0.25, 0.3) is 0 Å². The van der Waals surface area contributed by atoms with Crippen molar-refractivity contribution in [1.29, 1.82) is 0 Å². The average Bonchev–Trinajstić information content (AvgIpc) is 2.03. The molecule has 1 atom stereocenters. The van der Waals surface area contributed by atoms with E-state index in [1.165, 1.54) is 6.92 Å². The van der Waals surface area contributed by atoms with Crippen molar-refractivity contribution in [3.05, 3.63) is 0 Å². The van der Waals surface area contributed by atoms with Gasteiger partial charge in [-0.1, -0.05) is 6.92 Å². The number of carbonyl (C=O) groups is 3. The molecule has 7 heteroatoms. The number of ketones is 1. The van der Waals surface area contributed by atoms with Crippen LogP contribution in [-0.4, -0.2) is 67.2 Å². The maximum atomic E-state index is 9.89. The van der Waals surface area contributed by atoms with E-state index in [4.69, 9.17) is 5.11 Å². The molecule has 16 heavy (non-hydrogen) atoms. The third kappa shape index (κ3) is 16.3. The molecule has 0 amide bonds. The fraction of sp³-hybridized carbons (Fsp3) is 0.667. The molecule has 0 saturated carbocycles. The van der Waals surface area contributed by atoms with Crippen molar-refractivity contribution in [2.75, 3.05) is 6.61 Å². The van der Waals surface area contributed by atoms with Gasteiger partial charge >= 0.3 is 37.7 Å². The van der Waals surface area contributed by atoms with Gasteiger partial charge in [-0.25, -0.2) is 0 Å². The minimum atomic E-state index is -1.31. The molecule has 0 saturated heterocycles. The fourth-order valence-corrected chi connectivity index (χ4v) is 0.574. The topological polar surface area (TPSA) is 118 Å². The van der Waals surface area contributed by atoms with Gasteiger partial charge in [0.2, 0.25) is 0 Å². The number of Topliss-reactive ketones (excluding diaryl/α,β-unsaturated/α-hetero) is 1. The van der Waals surface area contributed by atoms with Crippen molar-refractivity contribution in [3.63, 3.8) is 0 Å². The van der Waals surface area contributed by atoms with Crippen molar-refractivity contribution in [2.45, 2.75) is 26.7 Å². The zero-order valence-electron chi connectivity index (χ0n) is 9.39. The summed E-state index contributed by atoms with van der Waals surface area (Å²) in [7, 11) is 0. The van der Waals surface area contributed by atoms with Gasteiger partial charge in [0.05, 0.1) is 6.61 Å². The van der Waals surface area contributed by atoms with Gasteiger partial charge in [0, 0.05) is 24.3 Å². The van der Waals surface area contributed by atoms with Crippen LogP contribution in [0.2, 0.25) is 0 Å². The molecule has 0 aliphatic rings. The van der Waals surface area contributed by atoms with Crippen LogP contribution in [0.15, 0.2) is 0 Å². The van der Waals surface area contributed by atoms with E-state index in [1.54, 1.807) is 6.92 Å². The van der Waals surface area contributed by atoms with E-state index in [9.17, 15) is 24.6 Å². The van der Waals surface area contributed by atoms with E-state index in [2.05, 4.69) is 0 Å². The second-order valence-corrected chi connectivity index (χ2v) is 2.86. The van der Waals surface area contributed by atoms with Gasteiger partial charge in [-0.05, 0) is 13.3 Å². The van der Waals surface area contributed by atoms with E-state index in [1.807, 2.05) is 0 Å². The number of aliphatic hydroxyl groups is 1. The van der Waals surface area contributed by atoms with Gasteiger partial charge in [-0.3, -0.25) is 4.79 Å². The molecule has 0 bridgehead atoms. The number of rotatable bonds is 5. The summed E-state index contributed by atoms with van der Waals surface area (Å²) in [4.78, 5) is 29.2.